The highest BCUT2D eigenvalue weighted by Gasteiger charge is 2.27. The summed E-state index contributed by atoms with van der Waals surface area (Å²) in [5, 5.41) is 7.26. The zero-order valence-electron chi connectivity index (χ0n) is 40.1. The maximum Gasteiger partial charge on any atom is 0.0640 e. The Bertz CT molecular complexity index is 3370. The van der Waals surface area contributed by atoms with Crippen LogP contribution >= 0.6 is 0 Å². The molecule has 322 valence electrons. The van der Waals surface area contributed by atoms with Gasteiger partial charge in [0.05, 0.1) is 22.4 Å². The standard InChI is InChI=1S/C62H59N3/c1-36-25-50(26-37(2)44(36)9)63(51-27-38(3)45(10)39(4)28-51)59-35-54(33-48-19-13-15-21-55(48)59)65-58-24-18-17-23-57(58)61-60(65)34-49-20-14-16-22-56(49)62(61)64(52-29-40(5)46(11)41(6)30-52)53-31-42(7)47(12)43(8)32-53/h13-35H,1-12H3. The number of aromatic nitrogens is 1. The fourth-order valence-electron chi connectivity index (χ4n) is 10.3. The Hall–Kier alpha value is -7.10. The Kier molecular flexibility index (Phi) is 10.2. The maximum atomic E-state index is 2.55. The van der Waals surface area contributed by atoms with Gasteiger partial charge in [-0.1, -0.05) is 66.7 Å². The van der Waals surface area contributed by atoms with Gasteiger partial charge in [-0.05, 0) is 233 Å². The van der Waals surface area contributed by atoms with E-state index in [4.69, 9.17) is 0 Å². The van der Waals surface area contributed by atoms with Gasteiger partial charge in [0.15, 0.2) is 0 Å². The molecule has 0 aliphatic carbocycles. The minimum Gasteiger partial charge on any atom is -0.310 e. The van der Waals surface area contributed by atoms with E-state index < -0.39 is 0 Å². The molecular formula is C62H59N3. The third-order valence-electron chi connectivity index (χ3n) is 14.9. The number of fused-ring (bicyclic) bond motifs is 5. The van der Waals surface area contributed by atoms with E-state index in [-0.39, 0.29) is 0 Å². The van der Waals surface area contributed by atoms with Gasteiger partial charge >= 0.3 is 0 Å². The van der Waals surface area contributed by atoms with Gasteiger partial charge in [0.1, 0.15) is 0 Å². The van der Waals surface area contributed by atoms with Crippen LogP contribution < -0.4 is 9.80 Å². The average Bonchev–Trinajstić information content (AvgIpc) is 3.61. The summed E-state index contributed by atoms with van der Waals surface area (Å²) in [4.78, 5) is 5.06. The number of nitrogens with zero attached hydrogens (tertiary/aromatic N) is 3. The molecule has 0 unspecified atom stereocenters. The van der Waals surface area contributed by atoms with Gasteiger partial charge in [-0.25, -0.2) is 0 Å². The van der Waals surface area contributed by atoms with E-state index in [1.807, 2.05) is 0 Å². The summed E-state index contributed by atoms with van der Waals surface area (Å²) < 4.78 is 2.53. The molecule has 0 saturated heterocycles. The van der Waals surface area contributed by atoms with Gasteiger partial charge in [0, 0.05) is 50.0 Å². The van der Waals surface area contributed by atoms with Crippen LogP contribution in [0.2, 0.25) is 0 Å². The number of benzene rings is 9. The summed E-state index contributed by atoms with van der Waals surface area (Å²) in [5.41, 5.74) is 26.1. The maximum absolute atomic E-state index is 2.55. The van der Waals surface area contributed by atoms with Crippen molar-refractivity contribution in [2.75, 3.05) is 9.80 Å². The van der Waals surface area contributed by atoms with E-state index in [1.165, 1.54) is 127 Å². The highest BCUT2D eigenvalue weighted by atomic mass is 15.2. The number of rotatable bonds is 7. The van der Waals surface area contributed by atoms with E-state index in [1.54, 1.807) is 0 Å². The fraction of sp³-hybridized carbons (Fsp3) is 0.194. The van der Waals surface area contributed by atoms with Crippen LogP contribution in [0.1, 0.15) is 66.8 Å². The van der Waals surface area contributed by atoms with Crippen LogP contribution in [0.25, 0.3) is 49.0 Å². The van der Waals surface area contributed by atoms with Crippen molar-refractivity contribution in [2.24, 2.45) is 0 Å². The molecule has 0 aliphatic heterocycles. The molecule has 0 bridgehead atoms. The van der Waals surface area contributed by atoms with Gasteiger partial charge in [0.25, 0.3) is 0 Å². The lowest BCUT2D eigenvalue weighted by Gasteiger charge is -2.30. The first-order valence-electron chi connectivity index (χ1n) is 23.1. The average molecular weight is 846 g/mol. The Balaban J connectivity index is 1.35. The fourth-order valence-corrected chi connectivity index (χ4v) is 10.3. The molecule has 3 nitrogen and oxygen atoms in total. The van der Waals surface area contributed by atoms with Crippen LogP contribution in [0.3, 0.4) is 0 Å². The summed E-state index contributed by atoms with van der Waals surface area (Å²) in [6, 6.07) is 53.2. The second kappa shape index (κ2) is 15.9. The van der Waals surface area contributed by atoms with Crippen molar-refractivity contribution in [3.63, 3.8) is 0 Å². The smallest absolute Gasteiger partial charge is 0.0640 e. The molecule has 0 spiro atoms. The highest BCUT2D eigenvalue weighted by Crippen LogP contribution is 2.50. The second-order valence-corrected chi connectivity index (χ2v) is 18.9. The van der Waals surface area contributed by atoms with Gasteiger partial charge in [-0.15, -0.1) is 0 Å². The molecule has 0 atom stereocenters. The quantitative estimate of drug-likeness (QED) is 0.158. The van der Waals surface area contributed by atoms with Gasteiger partial charge < -0.3 is 14.4 Å². The van der Waals surface area contributed by atoms with E-state index in [0.717, 1.165) is 22.7 Å². The van der Waals surface area contributed by atoms with Crippen LogP contribution in [0.15, 0.2) is 140 Å². The largest absolute Gasteiger partial charge is 0.310 e. The predicted molar refractivity (Wildman–Crippen MR) is 282 cm³/mol. The predicted octanol–water partition coefficient (Wildman–Crippen LogP) is 17.7. The van der Waals surface area contributed by atoms with E-state index in [9.17, 15) is 0 Å². The van der Waals surface area contributed by atoms with Gasteiger partial charge in [0.2, 0.25) is 0 Å². The molecule has 10 aromatic rings. The van der Waals surface area contributed by atoms with Gasteiger partial charge in [-0.3, -0.25) is 0 Å². The Morgan fingerprint density at radius 3 is 1.15 bits per heavy atom. The number of aryl methyl sites for hydroxylation is 8. The molecule has 0 saturated carbocycles. The number of hydrogen-bond acceptors (Lipinski definition) is 2. The number of hydrogen-bond donors (Lipinski definition) is 0. The molecule has 0 fully saturated rings. The molecule has 10 rings (SSSR count). The summed E-state index contributed by atoms with van der Waals surface area (Å²) in [6.45, 7) is 26.9. The molecule has 0 amide bonds. The van der Waals surface area contributed by atoms with Crippen molar-refractivity contribution in [2.45, 2.75) is 83.1 Å². The first-order chi connectivity index (χ1) is 31.2. The van der Waals surface area contributed by atoms with Crippen LogP contribution in [-0.4, -0.2) is 4.57 Å². The van der Waals surface area contributed by atoms with Crippen LogP contribution in [-0.2, 0) is 0 Å². The monoisotopic (exact) mass is 845 g/mol. The molecule has 0 radical (unpaired) electrons. The first kappa shape index (κ1) is 41.9. The summed E-state index contributed by atoms with van der Waals surface area (Å²) in [5.74, 6) is 0. The third kappa shape index (κ3) is 6.88. The molecule has 9 aromatic carbocycles. The Morgan fingerprint density at radius 2 is 0.692 bits per heavy atom. The lowest BCUT2D eigenvalue weighted by atomic mass is 9.97. The van der Waals surface area contributed by atoms with E-state index in [0.29, 0.717) is 0 Å². The van der Waals surface area contributed by atoms with Crippen molar-refractivity contribution in [3.05, 3.63) is 206 Å². The van der Waals surface area contributed by atoms with Gasteiger partial charge in [-0.2, -0.15) is 0 Å². The molecule has 3 heteroatoms. The first-order valence-corrected chi connectivity index (χ1v) is 23.1. The zero-order chi connectivity index (χ0) is 45.6. The zero-order valence-corrected chi connectivity index (χ0v) is 40.1. The van der Waals surface area contributed by atoms with E-state index >= 15 is 0 Å². The Labute approximate surface area is 385 Å². The molecule has 0 aliphatic rings. The van der Waals surface area contributed by atoms with Crippen LogP contribution in [0.4, 0.5) is 34.1 Å². The highest BCUT2D eigenvalue weighted by molar-refractivity contribution is 6.24. The summed E-state index contributed by atoms with van der Waals surface area (Å²) in [7, 11) is 0. The van der Waals surface area contributed by atoms with Crippen molar-refractivity contribution in [1.29, 1.82) is 0 Å². The molecule has 1 heterocycles. The number of anilines is 6. The lowest BCUT2D eigenvalue weighted by molar-refractivity contribution is 1.17. The van der Waals surface area contributed by atoms with Crippen LogP contribution in [0.5, 0.6) is 0 Å². The van der Waals surface area contributed by atoms with Crippen molar-refractivity contribution in [1.82, 2.24) is 4.57 Å². The van der Waals surface area contributed by atoms with Crippen molar-refractivity contribution < 1.29 is 0 Å². The molecule has 65 heavy (non-hydrogen) atoms. The third-order valence-corrected chi connectivity index (χ3v) is 14.9. The normalized spacial score (nSPS) is 11.7. The van der Waals surface area contributed by atoms with Crippen LogP contribution in [0, 0.1) is 83.1 Å². The lowest BCUT2D eigenvalue weighted by Crippen LogP contribution is -2.13. The molecule has 0 N–H and O–H groups in total. The molecular weight excluding hydrogens is 787 g/mol. The number of para-hydroxylation sites is 1. The summed E-state index contributed by atoms with van der Waals surface area (Å²) in [6.07, 6.45) is 0. The minimum absolute atomic E-state index is 1.12. The minimum atomic E-state index is 1.12. The van der Waals surface area contributed by atoms with Crippen molar-refractivity contribution >= 4 is 77.5 Å². The Morgan fingerprint density at radius 1 is 0.323 bits per heavy atom. The second-order valence-electron chi connectivity index (χ2n) is 18.9. The van der Waals surface area contributed by atoms with Crippen molar-refractivity contribution in [3.8, 4) is 5.69 Å². The summed E-state index contributed by atoms with van der Waals surface area (Å²) >= 11 is 0. The molecule has 1 aromatic heterocycles. The van der Waals surface area contributed by atoms with E-state index in [2.05, 4.69) is 237 Å². The SMILES string of the molecule is Cc1cc(N(c2cc(C)c(C)c(C)c2)c2cc(-n3c4ccccc4c4c(N(c5cc(C)c(C)c(C)c5)c5cc(C)c(C)c(C)c5)c5ccccc5cc43)cc3ccccc23)cc(C)c1C. The topological polar surface area (TPSA) is 11.4 Å².